The second kappa shape index (κ2) is 10.6. The van der Waals surface area contributed by atoms with Gasteiger partial charge in [0.2, 0.25) is 0 Å². The van der Waals surface area contributed by atoms with Gasteiger partial charge in [-0.15, -0.1) is 11.6 Å². The zero-order valence-electron chi connectivity index (χ0n) is 12.8. The molecule has 0 saturated heterocycles. The van der Waals surface area contributed by atoms with Gasteiger partial charge >= 0.3 is 5.97 Å². The van der Waals surface area contributed by atoms with Crippen molar-refractivity contribution in [2.45, 2.75) is 32.6 Å². The largest absolute Gasteiger partial charge is 0.461 e. The Labute approximate surface area is 145 Å². The minimum absolute atomic E-state index is 0.184. The molecule has 22 heavy (non-hydrogen) atoms. The number of ether oxygens (including phenoxy) is 1. The van der Waals surface area contributed by atoms with E-state index in [9.17, 15) is 4.79 Å². The maximum atomic E-state index is 11.9. The zero-order valence-corrected chi connectivity index (χ0v) is 15.1. The molecule has 6 heteroatoms. The summed E-state index contributed by atoms with van der Waals surface area (Å²) in [7, 11) is 0. The number of nitrogen functional groups attached to an aromatic ring is 1. The molecule has 0 heterocycles. The van der Waals surface area contributed by atoms with E-state index in [1.807, 2.05) is 0 Å². The number of aliphatic imine (C=N–C) groups is 1. The molecule has 0 aliphatic carbocycles. The van der Waals surface area contributed by atoms with Crippen LogP contribution >= 0.6 is 27.5 Å². The summed E-state index contributed by atoms with van der Waals surface area (Å²) in [5.41, 5.74) is 7.70. The highest BCUT2D eigenvalue weighted by Gasteiger charge is 2.12. The Bertz CT molecular complexity index is 521. The minimum Gasteiger partial charge on any atom is -0.461 e. The van der Waals surface area contributed by atoms with E-state index in [1.54, 1.807) is 18.3 Å². The number of alkyl halides is 1. The van der Waals surface area contributed by atoms with Crippen LogP contribution in [0.25, 0.3) is 0 Å². The molecule has 2 N–H and O–H groups in total. The Balaban J connectivity index is 2.74. The van der Waals surface area contributed by atoms with Gasteiger partial charge in [0, 0.05) is 22.8 Å². The summed E-state index contributed by atoms with van der Waals surface area (Å²) in [6.45, 7) is 3.12. The van der Waals surface area contributed by atoms with Crippen LogP contribution in [0.4, 0.5) is 5.69 Å². The number of anilines is 1. The Morgan fingerprint density at radius 3 is 2.86 bits per heavy atom. The van der Waals surface area contributed by atoms with Gasteiger partial charge in [-0.05, 0) is 34.5 Å². The smallest absolute Gasteiger partial charge is 0.338 e. The van der Waals surface area contributed by atoms with Crippen molar-refractivity contribution < 1.29 is 9.53 Å². The van der Waals surface area contributed by atoms with Crippen LogP contribution in [0, 0.1) is 0 Å². The molecule has 0 aliphatic rings. The van der Waals surface area contributed by atoms with Crippen molar-refractivity contribution in [2.75, 3.05) is 24.8 Å². The average molecular weight is 390 g/mol. The molecule has 0 bridgehead atoms. The van der Waals surface area contributed by atoms with Crippen molar-refractivity contribution in [3.05, 3.63) is 27.7 Å². The van der Waals surface area contributed by atoms with Crippen LogP contribution in [-0.4, -0.2) is 31.2 Å². The summed E-state index contributed by atoms with van der Waals surface area (Å²) in [5.74, 6) is -0.146. The van der Waals surface area contributed by atoms with Crippen molar-refractivity contribution in [3.8, 4) is 0 Å². The Morgan fingerprint density at radius 2 is 2.18 bits per heavy atom. The van der Waals surface area contributed by atoms with Crippen LogP contribution < -0.4 is 5.73 Å². The molecule has 0 spiro atoms. The van der Waals surface area contributed by atoms with Crippen LogP contribution in [0.3, 0.4) is 0 Å². The van der Waals surface area contributed by atoms with E-state index >= 15 is 0 Å². The first-order chi connectivity index (χ1) is 10.6. The van der Waals surface area contributed by atoms with Gasteiger partial charge in [-0.3, -0.25) is 4.99 Å². The molecule has 1 aromatic rings. The summed E-state index contributed by atoms with van der Waals surface area (Å²) in [6, 6.07) is 3.33. The third-order valence-electron chi connectivity index (χ3n) is 3.08. The molecule has 0 saturated carbocycles. The molecule has 0 aliphatic heterocycles. The third-order valence-corrected chi connectivity index (χ3v) is 3.89. The number of rotatable bonds is 9. The van der Waals surface area contributed by atoms with E-state index in [0.29, 0.717) is 21.3 Å². The molecule has 0 radical (unpaired) electrons. The maximum absolute atomic E-state index is 11.9. The first kappa shape index (κ1) is 19.0. The fourth-order valence-corrected chi connectivity index (χ4v) is 2.42. The number of hydrogen-bond donors (Lipinski definition) is 1. The lowest BCUT2D eigenvalue weighted by Crippen LogP contribution is -2.09. The highest BCUT2D eigenvalue weighted by molar-refractivity contribution is 9.10. The lowest BCUT2D eigenvalue weighted by Gasteiger charge is -2.08. The normalized spacial score (nSPS) is 11.0. The molecular weight excluding hydrogens is 368 g/mol. The fourth-order valence-electron chi connectivity index (χ4n) is 1.87. The number of halogens is 2. The second-order valence-electron chi connectivity index (χ2n) is 4.88. The molecule has 0 fully saturated rings. The number of esters is 1. The molecule has 1 aromatic carbocycles. The van der Waals surface area contributed by atoms with Crippen molar-refractivity contribution in [1.82, 2.24) is 0 Å². The zero-order chi connectivity index (χ0) is 16.4. The van der Waals surface area contributed by atoms with Crippen LogP contribution in [0.1, 0.15) is 48.5 Å². The van der Waals surface area contributed by atoms with Crippen molar-refractivity contribution >= 4 is 45.4 Å². The van der Waals surface area contributed by atoms with Gasteiger partial charge in [0.25, 0.3) is 0 Å². The average Bonchev–Trinajstić information content (AvgIpc) is 2.51. The number of unbranched alkanes of at least 4 members (excludes halogenated alkanes) is 3. The van der Waals surface area contributed by atoms with E-state index in [4.69, 9.17) is 22.1 Å². The standard InChI is InChI=1S/C16H22BrClN2O2/c1-2-3-4-5-7-20-11-13-9-12(10-14(17)15(13)19)16(21)22-8-6-18/h9-11H,2-8,19H2,1H3. The fraction of sp³-hybridized carbons (Fsp3) is 0.500. The van der Waals surface area contributed by atoms with Crippen LogP contribution in [0.2, 0.25) is 0 Å². The van der Waals surface area contributed by atoms with Gasteiger partial charge in [-0.2, -0.15) is 0 Å². The molecule has 122 valence electrons. The number of benzene rings is 1. The predicted molar refractivity (Wildman–Crippen MR) is 96.2 cm³/mol. The van der Waals surface area contributed by atoms with Crippen molar-refractivity contribution in [1.29, 1.82) is 0 Å². The Kier molecular flexibility index (Phi) is 9.16. The van der Waals surface area contributed by atoms with Gasteiger partial charge in [0.15, 0.2) is 0 Å². The number of carbonyl (C=O) groups is 1. The van der Waals surface area contributed by atoms with E-state index < -0.39 is 5.97 Å². The third kappa shape index (κ3) is 6.36. The van der Waals surface area contributed by atoms with Crippen molar-refractivity contribution in [3.63, 3.8) is 0 Å². The van der Waals surface area contributed by atoms with Gasteiger partial charge in [0.05, 0.1) is 17.1 Å². The van der Waals surface area contributed by atoms with Crippen LogP contribution in [-0.2, 0) is 4.74 Å². The summed E-state index contributed by atoms with van der Waals surface area (Å²) < 4.78 is 5.67. The molecule has 0 aromatic heterocycles. The summed E-state index contributed by atoms with van der Waals surface area (Å²) >= 11 is 8.87. The van der Waals surface area contributed by atoms with E-state index in [1.165, 1.54) is 19.3 Å². The number of hydrogen-bond acceptors (Lipinski definition) is 4. The van der Waals surface area contributed by atoms with Crippen molar-refractivity contribution in [2.24, 2.45) is 4.99 Å². The van der Waals surface area contributed by atoms with E-state index in [-0.39, 0.29) is 12.5 Å². The van der Waals surface area contributed by atoms with Crippen LogP contribution in [0.5, 0.6) is 0 Å². The first-order valence-electron chi connectivity index (χ1n) is 7.42. The predicted octanol–water partition coefficient (Wildman–Crippen LogP) is 4.43. The van der Waals surface area contributed by atoms with Gasteiger partial charge in [0.1, 0.15) is 6.61 Å². The Hall–Kier alpha value is -1.07. The van der Waals surface area contributed by atoms with Gasteiger partial charge in [-0.1, -0.05) is 26.2 Å². The Morgan fingerprint density at radius 1 is 1.41 bits per heavy atom. The number of nitrogens with zero attached hydrogens (tertiary/aromatic N) is 1. The number of carbonyl (C=O) groups excluding carboxylic acids is 1. The van der Waals surface area contributed by atoms with Gasteiger partial charge < -0.3 is 10.5 Å². The van der Waals surface area contributed by atoms with E-state index in [0.717, 1.165) is 13.0 Å². The topological polar surface area (TPSA) is 64.7 Å². The SMILES string of the molecule is CCCCCCN=Cc1cc(C(=O)OCCCl)cc(Br)c1N. The second-order valence-corrected chi connectivity index (χ2v) is 6.11. The monoisotopic (exact) mass is 388 g/mol. The molecule has 1 rings (SSSR count). The summed E-state index contributed by atoms with van der Waals surface area (Å²) in [4.78, 5) is 16.3. The van der Waals surface area contributed by atoms with Gasteiger partial charge in [-0.25, -0.2) is 4.79 Å². The highest BCUT2D eigenvalue weighted by atomic mass is 79.9. The first-order valence-corrected chi connectivity index (χ1v) is 8.74. The summed E-state index contributed by atoms with van der Waals surface area (Å²) in [6.07, 6.45) is 6.38. The van der Waals surface area contributed by atoms with E-state index in [2.05, 4.69) is 27.8 Å². The molecule has 0 atom stereocenters. The lowest BCUT2D eigenvalue weighted by molar-refractivity contribution is 0.0529. The molecular formula is C16H22BrClN2O2. The molecule has 0 amide bonds. The summed E-state index contributed by atoms with van der Waals surface area (Å²) in [5, 5.41) is 0. The molecule has 0 unspecified atom stereocenters. The quantitative estimate of drug-likeness (QED) is 0.223. The number of nitrogens with two attached hydrogens (primary N) is 1. The van der Waals surface area contributed by atoms with Crippen LogP contribution in [0.15, 0.2) is 21.6 Å². The highest BCUT2D eigenvalue weighted by Crippen LogP contribution is 2.25. The minimum atomic E-state index is -0.418. The lowest BCUT2D eigenvalue weighted by atomic mass is 10.1. The molecule has 4 nitrogen and oxygen atoms in total. The maximum Gasteiger partial charge on any atom is 0.338 e.